The summed E-state index contributed by atoms with van der Waals surface area (Å²) in [5.74, 6) is 1.13. The van der Waals surface area contributed by atoms with Crippen LogP contribution in [0.2, 0.25) is 0 Å². The van der Waals surface area contributed by atoms with Crippen molar-refractivity contribution < 1.29 is 9.53 Å². The van der Waals surface area contributed by atoms with Gasteiger partial charge in [-0.3, -0.25) is 4.79 Å². The van der Waals surface area contributed by atoms with E-state index in [0.29, 0.717) is 12.5 Å². The highest BCUT2D eigenvalue weighted by atomic mass is 79.9. The van der Waals surface area contributed by atoms with E-state index in [2.05, 4.69) is 22.9 Å². The third-order valence-corrected chi connectivity index (χ3v) is 4.96. The van der Waals surface area contributed by atoms with E-state index < -0.39 is 0 Å². The van der Waals surface area contributed by atoms with Gasteiger partial charge in [0.05, 0.1) is 18.8 Å². The summed E-state index contributed by atoms with van der Waals surface area (Å²) in [5, 5.41) is 0.812. The molecule has 0 radical (unpaired) electrons. The van der Waals surface area contributed by atoms with Gasteiger partial charge >= 0.3 is 0 Å². The van der Waals surface area contributed by atoms with Gasteiger partial charge in [0, 0.05) is 18.3 Å². The molecule has 1 saturated heterocycles. The van der Waals surface area contributed by atoms with Gasteiger partial charge in [0.25, 0.3) is 0 Å². The van der Waals surface area contributed by atoms with E-state index in [1.54, 1.807) is 0 Å². The predicted octanol–water partition coefficient (Wildman–Crippen LogP) is 2.97. The fraction of sp³-hybridized carbons (Fsp3) is 0.929. The first-order valence-corrected chi connectivity index (χ1v) is 8.30. The smallest absolute Gasteiger partial charge is 0.222 e. The van der Waals surface area contributed by atoms with E-state index in [4.69, 9.17) is 4.74 Å². The maximum atomic E-state index is 12.3. The number of morpholine rings is 1. The lowest BCUT2D eigenvalue weighted by Gasteiger charge is -2.37. The highest BCUT2D eigenvalue weighted by Gasteiger charge is 2.29. The van der Waals surface area contributed by atoms with Crippen molar-refractivity contribution in [1.29, 1.82) is 0 Å². The van der Waals surface area contributed by atoms with Crippen LogP contribution in [0.15, 0.2) is 0 Å². The number of ether oxygens (including phenoxy) is 1. The zero-order valence-electron chi connectivity index (χ0n) is 11.2. The molecule has 1 aliphatic carbocycles. The van der Waals surface area contributed by atoms with Gasteiger partial charge in [-0.1, -0.05) is 41.6 Å². The van der Waals surface area contributed by atoms with Crippen LogP contribution in [0, 0.1) is 5.92 Å². The number of carbonyl (C=O) groups is 1. The largest absolute Gasteiger partial charge is 0.373 e. The second kappa shape index (κ2) is 6.90. The third-order valence-electron chi connectivity index (χ3n) is 4.24. The minimum Gasteiger partial charge on any atom is -0.373 e. The number of hydrogen-bond acceptors (Lipinski definition) is 2. The average molecular weight is 318 g/mol. The minimum atomic E-state index is 0.164. The maximum absolute atomic E-state index is 12.3. The molecule has 0 N–H and O–H groups in total. The molecular weight excluding hydrogens is 294 g/mol. The summed E-state index contributed by atoms with van der Waals surface area (Å²) < 4.78 is 5.66. The maximum Gasteiger partial charge on any atom is 0.222 e. The standard InChI is InChI=1S/C14H24BrNO2/c1-11-10-18-13(8-15)9-16(11)14(17)7-6-12-4-2-3-5-12/h11-13H,2-10H2,1H3. The van der Waals surface area contributed by atoms with Crippen molar-refractivity contribution in [2.75, 3.05) is 18.5 Å². The Labute approximate surface area is 118 Å². The second-order valence-electron chi connectivity index (χ2n) is 5.69. The molecule has 2 aliphatic rings. The fourth-order valence-electron chi connectivity index (χ4n) is 3.03. The Hall–Kier alpha value is -0.0900. The lowest BCUT2D eigenvalue weighted by molar-refractivity contribution is -0.143. The number of rotatable bonds is 4. The summed E-state index contributed by atoms with van der Waals surface area (Å²) in [6.07, 6.45) is 7.35. The number of carbonyl (C=O) groups excluding carboxylic acids is 1. The van der Waals surface area contributed by atoms with E-state index >= 15 is 0 Å². The second-order valence-corrected chi connectivity index (χ2v) is 6.34. The van der Waals surface area contributed by atoms with Crippen LogP contribution in [0.25, 0.3) is 0 Å². The Bertz CT molecular complexity index is 279. The van der Waals surface area contributed by atoms with Gasteiger partial charge in [0.1, 0.15) is 0 Å². The Morgan fingerprint density at radius 1 is 1.39 bits per heavy atom. The monoisotopic (exact) mass is 317 g/mol. The van der Waals surface area contributed by atoms with Crippen LogP contribution in [0.1, 0.15) is 45.4 Å². The molecule has 104 valence electrons. The topological polar surface area (TPSA) is 29.5 Å². The van der Waals surface area contributed by atoms with Crippen LogP contribution < -0.4 is 0 Å². The SMILES string of the molecule is CC1COC(CBr)CN1C(=O)CCC1CCCC1. The zero-order valence-corrected chi connectivity index (χ0v) is 12.8. The molecular formula is C14H24BrNO2. The number of nitrogens with zero attached hydrogens (tertiary/aromatic N) is 1. The van der Waals surface area contributed by atoms with E-state index in [0.717, 1.165) is 30.6 Å². The fourth-order valence-corrected chi connectivity index (χ4v) is 3.42. The molecule has 4 heteroatoms. The van der Waals surface area contributed by atoms with Gasteiger partial charge in [-0.15, -0.1) is 0 Å². The summed E-state index contributed by atoms with van der Waals surface area (Å²) >= 11 is 3.44. The molecule has 0 aromatic carbocycles. The van der Waals surface area contributed by atoms with Crippen molar-refractivity contribution in [3.05, 3.63) is 0 Å². The molecule has 0 spiro atoms. The van der Waals surface area contributed by atoms with Gasteiger partial charge in [0.2, 0.25) is 5.91 Å². The van der Waals surface area contributed by atoms with Crippen LogP contribution in [-0.2, 0) is 9.53 Å². The van der Waals surface area contributed by atoms with Gasteiger partial charge in [-0.05, 0) is 19.3 Å². The van der Waals surface area contributed by atoms with E-state index in [9.17, 15) is 4.79 Å². The number of alkyl halides is 1. The molecule has 1 heterocycles. The first kappa shape index (κ1) is 14.3. The molecule has 2 rings (SSSR count). The molecule has 0 bridgehead atoms. The summed E-state index contributed by atoms with van der Waals surface area (Å²) in [6, 6.07) is 0.233. The van der Waals surface area contributed by atoms with Gasteiger partial charge < -0.3 is 9.64 Å². The summed E-state index contributed by atoms with van der Waals surface area (Å²) in [6.45, 7) is 3.50. The van der Waals surface area contributed by atoms with Crippen molar-refractivity contribution in [1.82, 2.24) is 4.90 Å². The highest BCUT2D eigenvalue weighted by molar-refractivity contribution is 9.09. The molecule has 1 saturated carbocycles. The van der Waals surface area contributed by atoms with Gasteiger partial charge in [-0.2, -0.15) is 0 Å². The van der Waals surface area contributed by atoms with Gasteiger partial charge in [-0.25, -0.2) is 0 Å². The number of amides is 1. The van der Waals surface area contributed by atoms with Crippen LogP contribution in [0.3, 0.4) is 0 Å². The summed E-state index contributed by atoms with van der Waals surface area (Å²) in [4.78, 5) is 14.3. The first-order chi connectivity index (χ1) is 8.70. The Kier molecular flexibility index (Phi) is 5.49. The molecule has 0 aromatic rings. The quantitative estimate of drug-likeness (QED) is 0.746. The molecule has 0 aromatic heterocycles. The normalized spacial score (nSPS) is 29.8. The Balaban J connectivity index is 1.78. The van der Waals surface area contributed by atoms with Gasteiger partial charge in [0.15, 0.2) is 0 Å². The summed E-state index contributed by atoms with van der Waals surface area (Å²) in [7, 11) is 0. The summed E-state index contributed by atoms with van der Waals surface area (Å²) in [5.41, 5.74) is 0. The lowest BCUT2D eigenvalue weighted by Crippen LogP contribution is -2.51. The first-order valence-electron chi connectivity index (χ1n) is 7.17. The Morgan fingerprint density at radius 2 is 2.11 bits per heavy atom. The predicted molar refractivity (Wildman–Crippen MR) is 75.9 cm³/mol. The lowest BCUT2D eigenvalue weighted by atomic mass is 10.0. The van der Waals surface area contributed by atoms with Crippen LogP contribution in [0.5, 0.6) is 0 Å². The minimum absolute atomic E-state index is 0.164. The van der Waals surface area contributed by atoms with E-state index in [1.807, 2.05) is 4.90 Å². The van der Waals surface area contributed by atoms with Crippen LogP contribution in [-0.4, -0.2) is 41.4 Å². The molecule has 2 fully saturated rings. The van der Waals surface area contributed by atoms with Crippen LogP contribution in [0.4, 0.5) is 0 Å². The van der Waals surface area contributed by atoms with Crippen molar-refractivity contribution in [3.8, 4) is 0 Å². The third kappa shape index (κ3) is 3.70. The molecule has 3 nitrogen and oxygen atoms in total. The molecule has 1 aliphatic heterocycles. The average Bonchev–Trinajstić information content (AvgIpc) is 2.89. The Morgan fingerprint density at radius 3 is 2.78 bits per heavy atom. The number of hydrogen-bond donors (Lipinski definition) is 0. The zero-order chi connectivity index (χ0) is 13.0. The van der Waals surface area contributed by atoms with E-state index in [1.165, 1.54) is 25.7 Å². The van der Waals surface area contributed by atoms with Crippen molar-refractivity contribution in [3.63, 3.8) is 0 Å². The number of halogens is 1. The highest BCUT2D eigenvalue weighted by Crippen LogP contribution is 2.29. The van der Waals surface area contributed by atoms with E-state index in [-0.39, 0.29) is 12.1 Å². The van der Waals surface area contributed by atoms with Crippen molar-refractivity contribution in [2.45, 2.75) is 57.6 Å². The van der Waals surface area contributed by atoms with Crippen molar-refractivity contribution in [2.24, 2.45) is 5.92 Å². The molecule has 1 amide bonds. The van der Waals surface area contributed by atoms with Crippen LogP contribution >= 0.6 is 15.9 Å². The molecule has 2 atom stereocenters. The van der Waals surface area contributed by atoms with Crippen molar-refractivity contribution >= 4 is 21.8 Å². The molecule has 18 heavy (non-hydrogen) atoms. The molecule has 2 unspecified atom stereocenters.